The topological polar surface area (TPSA) is 83.2 Å². The number of carboxylic acids is 1. The Morgan fingerprint density at radius 2 is 1.97 bits per heavy atom. The maximum atomic E-state index is 12.7. The number of likely N-dealkylation sites (tertiary alicyclic amines) is 1. The van der Waals surface area contributed by atoms with Gasteiger partial charge in [-0.25, -0.2) is 4.79 Å². The molecule has 2 aliphatic rings. The van der Waals surface area contributed by atoms with Gasteiger partial charge in [-0.15, -0.1) is 6.58 Å². The Bertz CT molecular complexity index is 762. The maximum Gasteiger partial charge on any atom is 0.490 e. The zero-order valence-corrected chi connectivity index (χ0v) is 17.1. The average Bonchev–Trinajstić information content (AvgIpc) is 2.87. The zero-order valence-electron chi connectivity index (χ0n) is 17.1. The minimum Gasteiger partial charge on any atom is -0.475 e. The number of carbonyl (C=O) groups is 2. The third-order valence-electron chi connectivity index (χ3n) is 5.12. The van der Waals surface area contributed by atoms with Crippen LogP contribution >= 0.6 is 0 Å². The van der Waals surface area contributed by atoms with Gasteiger partial charge in [0.1, 0.15) is 11.5 Å². The molecule has 0 aliphatic carbocycles. The largest absolute Gasteiger partial charge is 0.490 e. The number of alkyl halides is 3. The molecule has 0 aromatic carbocycles. The van der Waals surface area contributed by atoms with Crippen LogP contribution in [0.15, 0.2) is 23.1 Å². The van der Waals surface area contributed by atoms with E-state index in [0.717, 1.165) is 45.0 Å². The molecule has 2 fully saturated rings. The van der Waals surface area contributed by atoms with Crippen molar-refractivity contribution in [2.24, 2.45) is 5.92 Å². The molecule has 1 N–H and O–H groups in total. The first-order valence-electron chi connectivity index (χ1n) is 9.64. The number of ether oxygens (including phenoxy) is 1. The fraction of sp³-hybridized carbons (Fsp3) is 0.600. The van der Waals surface area contributed by atoms with Crippen molar-refractivity contribution < 1.29 is 37.0 Å². The molecule has 7 nitrogen and oxygen atoms in total. The lowest BCUT2D eigenvalue weighted by atomic mass is 9.93. The summed E-state index contributed by atoms with van der Waals surface area (Å²) in [5, 5.41) is 7.12. The van der Waals surface area contributed by atoms with E-state index in [2.05, 4.69) is 11.5 Å². The van der Waals surface area contributed by atoms with Crippen LogP contribution in [-0.2, 0) is 9.53 Å². The van der Waals surface area contributed by atoms with Crippen LogP contribution in [0.5, 0.6) is 0 Å². The van der Waals surface area contributed by atoms with Crippen molar-refractivity contribution in [1.82, 2.24) is 9.80 Å². The smallest absolute Gasteiger partial charge is 0.475 e. The SMILES string of the molecule is C=CCN1CCO[C@@H]2CN(C(=O)c3cc(C)oc3C)CC[C@@H]2C1.O=C(O)C(F)(F)F. The molecule has 3 rings (SSSR count). The highest BCUT2D eigenvalue weighted by atomic mass is 19.4. The lowest BCUT2D eigenvalue weighted by molar-refractivity contribution is -0.192. The molecule has 0 spiro atoms. The molecule has 0 saturated carbocycles. The number of carboxylic acid groups (broad SMARTS) is 1. The third kappa shape index (κ3) is 6.33. The van der Waals surface area contributed by atoms with E-state index in [4.69, 9.17) is 19.1 Å². The lowest BCUT2D eigenvalue weighted by Crippen LogP contribution is -2.49. The molecule has 1 amide bonds. The highest BCUT2D eigenvalue weighted by Gasteiger charge is 2.38. The van der Waals surface area contributed by atoms with Crippen LogP contribution in [0.25, 0.3) is 0 Å². The van der Waals surface area contributed by atoms with Crippen LogP contribution in [0.1, 0.15) is 28.3 Å². The summed E-state index contributed by atoms with van der Waals surface area (Å²) < 4.78 is 43.3. The van der Waals surface area contributed by atoms with Crippen LogP contribution in [0.4, 0.5) is 13.2 Å². The number of carbonyl (C=O) groups excluding carboxylic acids is 1. The lowest BCUT2D eigenvalue weighted by Gasteiger charge is -2.38. The minimum atomic E-state index is -5.08. The number of piperidine rings is 1. The van der Waals surface area contributed by atoms with Gasteiger partial charge in [-0.2, -0.15) is 13.2 Å². The molecular weight excluding hydrogens is 405 g/mol. The van der Waals surface area contributed by atoms with Crippen LogP contribution in [-0.4, -0.2) is 78.4 Å². The van der Waals surface area contributed by atoms with E-state index in [1.807, 2.05) is 30.9 Å². The molecule has 3 heterocycles. The van der Waals surface area contributed by atoms with Gasteiger partial charge in [0, 0.05) is 38.6 Å². The van der Waals surface area contributed by atoms with Crippen LogP contribution in [0, 0.1) is 19.8 Å². The van der Waals surface area contributed by atoms with Crippen LogP contribution in [0.2, 0.25) is 0 Å². The summed E-state index contributed by atoms with van der Waals surface area (Å²) in [4.78, 5) is 25.9. The van der Waals surface area contributed by atoms with E-state index in [1.165, 1.54) is 0 Å². The number of aryl methyl sites for hydroxylation is 2. The molecule has 1 aromatic heterocycles. The molecule has 0 radical (unpaired) electrons. The predicted octanol–water partition coefficient (Wildman–Crippen LogP) is 2.88. The number of halogens is 3. The van der Waals surface area contributed by atoms with Gasteiger partial charge in [-0.05, 0) is 26.3 Å². The van der Waals surface area contributed by atoms with Crippen LogP contribution < -0.4 is 0 Å². The zero-order chi connectivity index (χ0) is 22.5. The quantitative estimate of drug-likeness (QED) is 0.740. The number of fused-ring (bicyclic) bond motifs is 1. The summed E-state index contributed by atoms with van der Waals surface area (Å²) in [5.41, 5.74) is 0.683. The maximum absolute atomic E-state index is 12.7. The number of amides is 1. The van der Waals surface area contributed by atoms with Crippen molar-refractivity contribution in [3.05, 3.63) is 35.8 Å². The highest BCUT2D eigenvalue weighted by Crippen LogP contribution is 2.26. The molecule has 168 valence electrons. The molecule has 2 aliphatic heterocycles. The number of rotatable bonds is 3. The predicted molar refractivity (Wildman–Crippen MR) is 102 cm³/mol. The normalized spacial score (nSPS) is 22.4. The second kappa shape index (κ2) is 10.1. The summed E-state index contributed by atoms with van der Waals surface area (Å²) >= 11 is 0. The summed E-state index contributed by atoms with van der Waals surface area (Å²) in [6, 6.07) is 1.84. The van der Waals surface area contributed by atoms with E-state index in [9.17, 15) is 18.0 Å². The molecule has 0 bridgehead atoms. The number of aliphatic carboxylic acids is 1. The van der Waals surface area contributed by atoms with Gasteiger partial charge in [0.25, 0.3) is 5.91 Å². The van der Waals surface area contributed by atoms with Gasteiger partial charge in [0.2, 0.25) is 0 Å². The van der Waals surface area contributed by atoms with Gasteiger partial charge in [-0.3, -0.25) is 9.69 Å². The molecule has 2 saturated heterocycles. The van der Waals surface area contributed by atoms with Crippen molar-refractivity contribution in [2.75, 3.05) is 39.3 Å². The standard InChI is InChI=1S/C18H26N2O3.C2HF3O2/c1-4-6-19-8-9-22-17-12-20(7-5-15(17)11-19)18(21)16-10-13(2)23-14(16)3;3-2(4,5)1(6)7/h4,10,15,17H,1,5-9,11-12H2,2-3H3;(H,6,7)/t15-,17-;/m1./s1. The van der Waals surface area contributed by atoms with E-state index < -0.39 is 12.1 Å². The second-order valence-electron chi connectivity index (χ2n) is 7.39. The highest BCUT2D eigenvalue weighted by molar-refractivity contribution is 5.95. The van der Waals surface area contributed by atoms with E-state index in [1.54, 1.807) is 0 Å². The molecular formula is C20H27F3N2O5. The Morgan fingerprint density at radius 1 is 1.30 bits per heavy atom. The molecule has 2 atom stereocenters. The Labute approximate surface area is 173 Å². The molecule has 10 heteroatoms. The van der Waals surface area contributed by atoms with Gasteiger partial charge in [0.05, 0.1) is 18.3 Å². The van der Waals surface area contributed by atoms with Crippen molar-refractivity contribution >= 4 is 11.9 Å². The summed E-state index contributed by atoms with van der Waals surface area (Å²) in [6.07, 6.45) is -2.01. The van der Waals surface area contributed by atoms with E-state index >= 15 is 0 Å². The Hall–Kier alpha value is -2.33. The first kappa shape index (κ1) is 23.9. The average molecular weight is 432 g/mol. The van der Waals surface area contributed by atoms with Crippen molar-refractivity contribution in [3.8, 4) is 0 Å². The first-order chi connectivity index (χ1) is 14.0. The second-order valence-corrected chi connectivity index (χ2v) is 7.39. The number of hydrogen-bond donors (Lipinski definition) is 1. The summed E-state index contributed by atoms with van der Waals surface area (Å²) in [7, 11) is 0. The Morgan fingerprint density at radius 3 is 2.50 bits per heavy atom. The van der Waals surface area contributed by atoms with Gasteiger partial charge in [-0.1, -0.05) is 6.08 Å². The van der Waals surface area contributed by atoms with Crippen LogP contribution in [0.3, 0.4) is 0 Å². The summed E-state index contributed by atoms with van der Waals surface area (Å²) in [5.74, 6) is -0.713. The summed E-state index contributed by atoms with van der Waals surface area (Å²) in [6.45, 7) is 12.6. The number of furan rings is 1. The molecule has 0 unspecified atom stereocenters. The van der Waals surface area contributed by atoms with Gasteiger partial charge in [0.15, 0.2) is 0 Å². The van der Waals surface area contributed by atoms with Crippen molar-refractivity contribution in [1.29, 1.82) is 0 Å². The molecule has 30 heavy (non-hydrogen) atoms. The first-order valence-corrected chi connectivity index (χ1v) is 9.64. The van der Waals surface area contributed by atoms with Crippen molar-refractivity contribution in [3.63, 3.8) is 0 Å². The van der Waals surface area contributed by atoms with E-state index in [-0.39, 0.29) is 12.0 Å². The number of nitrogens with zero attached hydrogens (tertiary/aromatic N) is 2. The Balaban J connectivity index is 0.000000396. The number of hydrogen-bond acceptors (Lipinski definition) is 5. The van der Waals surface area contributed by atoms with E-state index in [0.29, 0.717) is 23.8 Å². The van der Waals surface area contributed by atoms with Gasteiger partial charge >= 0.3 is 12.1 Å². The van der Waals surface area contributed by atoms with Gasteiger partial charge < -0.3 is 19.2 Å². The third-order valence-corrected chi connectivity index (χ3v) is 5.12. The molecule has 1 aromatic rings. The van der Waals surface area contributed by atoms with Crippen molar-refractivity contribution in [2.45, 2.75) is 32.5 Å². The Kier molecular flexibility index (Phi) is 8.08. The fourth-order valence-corrected chi connectivity index (χ4v) is 3.67. The minimum absolute atomic E-state index is 0.0635. The monoisotopic (exact) mass is 432 g/mol. The fourth-order valence-electron chi connectivity index (χ4n) is 3.67.